The third-order valence-electron chi connectivity index (χ3n) is 5.03. The summed E-state index contributed by atoms with van der Waals surface area (Å²) < 4.78 is 5.67. The third-order valence-corrected chi connectivity index (χ3v) is 5.71. The minimum Gasteiger partial charge on any atom is -0.536 e. The van der Waals surface area contributed by atoms with E-state index in [0.717, 1.165) is 22.5 Å². The highest BCUT2D eigenvalue weighted by atomic mass is 32.1. The number of anilines is 1. The monoisotopic (exact) mass is 444 g/mol. The van der Waals surface area contributed by atoms with Gasteiger partial charge in [-0.2, -0.15) is 0 Å². The van der Waals surface area contributed by atoms with Gasteiger partial charge in [-0.15, -0.1) is 11.3 Å². The molecule has 9 nitrogen and oxygen atoms in total. The fourth-order valence-corrected chi connectivity index (χ4v) is 3.84. The molecule has 4 N–H and O–H groups in total. The van der Waals surface area contributed by atoms with E-state index < -0.39 is 30.2 Å². The van der Waals surface area contributed by atoms with Crippen LogP contribution in [0.2, 0.25) is 5.82 Å². The number of oxime groups is 1. The molecule has 0 unspecified atom stereocenters. The van der Waals surface area contributed by atoms with Gasteiger partial charge in [0.1, 0.15) is 11.4 Å². The van der Waals surface area contributed by atoms with Gasteiger partial charge in [-0.3, -0.25) is 9.59 Å². The average Bonchev–Trinajstić information content (AvgIpc) is 3.14. The first-order chi connectivity index (χ1) is 14.6. The molecule has 2 aromatic rings. The number of Topliss-reactive ketones (excluding diaryl/α,β-unsaturated/α-hetero) is 1. The van der Waals surface area contributed by atoms with Crippen molar-refractivity contribution in [2.75, 3.05) is 12.8 Å². The van der Waals surface area contributed by atoms with Gasteiger partial charge in [0.05, 0.1) is 0 Å². The second kappa shape index (κ2) is 9.07. The molecule has 1 aliphatic heterocycles. The number of carbonyl (C=O) groups excluding carboxylic acids is 2. The lowest BCUT2D eigenvalue weighted by molar-refractivity contribution is -0.142. The first kappa shape index (κ1) is 22.8. The molecule has 0 spiro atoms. The molecule has 31 heavy (non-hydrogen) atoms. The van der Waals surface area contributed by atoms with Crippen molar-refractivity contribution in [2.45, 2.75) is 45.0 Å². The number of hydrogen-bond donors (Lipinski definition) is 3. The van der Waals surface area contributed by atoms with E-state index in [0.29, 0.717) is 12.2 Å². The van der Waals surface area contributed by atoms with Gasteiger partial charge < -0.3 is 25.6 Å². The van der Waals surface area contributed by atoms with E-state index in [-0.39, 0.29) is 23.0 Å². The molecule has 1 aromatic carbocycles. The van der Waals surface area contributed by atoms with Gasteiger partial charge in [0.15, 0.2) is 16.6 Å². The van der Waals surface area contributed by atoms with Gasteiger partial charge in [-0.05, 0) is 38.3 Å². The highest BCUT2D eigenvalue weighted by molar-refractivity contribution is 7.13. The van der Waals surface area contributed by atoms with Crippen molar-refractivity contribution in [2.24, 2.45) is 5.16 Å². The Bertz CT molecular complexity index is 1020. The standard InChI is InChI=1S/C20H25BN4O5S/c1-11-6-5-7-12-8-13(21(28)29-17(11)12)9-15(26)16(14-10-31-19(22)24-14)25-30-20(2,3)18(27)23-4/h5-7,10,13,28H,8-9H2,1-4H3,(H2,22,24)(H,23,27)/b25-16-/t13-/m1/s1. The molecule has 0 bridgehead atoms. The minimum absolute atomic E-state index is 0.0470. The van der Waals surface area contributed by atoms with Crippen LogP contribution in [0.3, 0.4) is 0 Å². The molecule has 0 saturated heterocycles. The number of likely N-dealkylation sites (N-methyl/N-ethyl adjacent to an activating group) is 1. The van der Waals surface area contributed by atoms with Crippen LogP contribution in [0.5, 0.6) is 5.75 Å². The van der Waals surface area contributed by atoms with E-state index in [1.807, 2.05) is 25.1 Å². The Labute approximate surface area is 184 Å². The van der Waals surface area contributed by atoms with E-state index in [4.69, 9.17) is 15.2 Å². The summed E-state index contributed by atoms with van der Waals surface area (Å²) in [7, 11) is 0.344. The van der Waals surface area contributed by atoms with Gasteiger partial charge in [0.25, 0.3) is 5.91 Å². The van der Waals surface area contributed by atoms with Gasteiger partial charge >= 0.3 is 7.12 Å². The third kappa shape index (κ3) is 5.05. The maximum absolute atomic E-state index is 13.1. The molecule has 3 rings (SSSR count). The Hall–Kier alpha value is -2.92. The molecule has 11 heteroatoms. The minimum atomic E-state index is -1.30. The van der Waals surface area contributed by atoms with E-state index in [1.165, 1.54) is 20.9 Å². The molecule has 1 amide bonds. The van der Waals surface area contributed by atoms with Crippen LogP contribution in [0, 0.1) is 6.92 Å². The summed E-state index contributed by atoms with van der Waals surface area (Å²) in [6.07, 6.45) is 0.426. The topological polar surface area (TPSA) is 136 Å². The molecular formula is C20H25BN4O5S. The number of para-hydroxylation sites is 1. The molecule has 2 heterocycles. The number of carbonyl (C=O) groups is 2. The Morgan fingerprint density at radius 2 is 2.23 bits per heavy atom. The molecule has 1 atom stereocenters. The van der Waals surface area contributed by atoms with Crippen LogP contribution < -0.4 is 15.7 Å². The fraction of sp³-hybridized carbons (Fsp3) is 0.400. The SMILES string of the molecule is CNC(=O)C(C)(C)O/N=C(\C(=O)C[C@H]1Cc2cccc(C)c2OB1O)c1csc(N)n1. The van der Waals surface area contributed by atoms with Gasteiger partial charge in [-0.1, -0.05) is 23.4 Å². The summed E-state index contributed by atoms with van der Waals surface area (Å²) in [5, 5.41) is 18.8. The van der Waals surface area contributed by atoms with Crippen molar-refractivity contribution in [3.05, 3.63) is 40.4 Å². The van der Waals surface area contributed by atoms with Crippen LogP contribution in [0.4, 0.5) is 5.13 Å². The van der Waals surface area contributed by atoms with Crippen molar-refractivity contribution < 1.29 is 24.1 Å². The first-order valence-electron chi connectivity index (χ1n) is 9.78. The highest BCUT2D eigenvalue weighted by Crippen LogP contribution is 2.36. The normalized spacial score (nSPS) is 16.4. The summed E-state index contributed by atoms with van der Waals surface area (Å²) in [6.45, 7) is 4.97. The molecule has 0 fully saturated rings. The quantitative estimate of drug-likeness (QED) is 0.336. The number of hydrogen-bond acceptors (Lipinski definition) is 9. The number of ketones is 1. The fourth-order valence-electron chi connectivity index (χ4n) is 3.29. The highest BCUT2D eigenvalue weighted by Gasteiger charge is 2.38. The zero-order chi connectivity index (χ0) is 22.8. The van der Waals surface area contributed by atoms with E-state index in [9.17, 15) is 14.6 Å². The molecule has 0 saturated carbocycles. The number of nitrogens with one attached hydrogen (secondary N) is 1. The van der Waals surface area contributed by atoms with Gasteiger partial charge in [0, 0.05) is 24.7 Å². The van der Waals surface area contributed by atoms with E-state index >= 15 is 0 Å². The zero-order valence-corrected chi connectivity index (χ0v) is 18.7. The maximum atomic E-state index is 13.1. The smallest absolute Gasteiger partial charge is 0.526 e. The van der Waals surface area contributed by atoms with Crippen molar-refractivity contribution in [1.29, 1.82) is 0 Å². The number of rotatable bonds is 7. The molecule has 0 aliphatic carbocycles. The summed E-state index contributed by atoms with van der Waals surface area (Å²) in [4.78, 5) is 34.7. The van der Waals surface area contributed by atoms with Crippen LogP contribution in [0.25, 0.3) is 0 Å². The van der Waals surface area contributed by atoms with E-state index in [1.54, 1.807) is 5.38 Å². The van der Waals surface area contributed by atoms with Crippen LogP contribution >= 0.6 is 11.3 Å². The lowest BCUT2D eigenvalue weighted by Crippen LogP contribution is -2.42. The predicted octanol–water partition coefficient (Wildman–Crippen LogP) is 1.72. The number of aromatic nitrogens is 1. The number of fused-ring (bicyclic) bond motifs is 1. The lowest BCUT2D eigenvalue weighted by atomic mass is 9.64. The number of aryl methyl sites for hydroxylation is 1. The number of benzene rings is 1. The predicted molar refractivity (Wildman–Crippen MR) is 119 cm³/mol. The van der Waals surface area contributed by atoms with Gasteiger partial charge in [-0.25, -0.2) is 4.98 Å². The van der Waals surface area contributed by atoms with Crippen LogP contribution in [-0.2, 0) is 20.8 Å². The van der Waals surface area contributed by atoms with Crippen LogP contribution in [0.15, 0.2) is 28.7 Å². The Balaban J connectivity index is 1.84. The average molecular weight is 444 g/mol. The number of nitrogen functional groups attached to an aromatic ring is 1. The number of nitrogens with zero attached hydrogens (tertiary/aromatic N) is 2. The van der Waals surface area contributed by atoms with Crippen molar-refractivity contribution in [1.82, 2.24) is 10.3 Å². The number of nitrogens with two attached hydrogens (primary N) is 1. The summed E-state index contributed by atoms with van der Waals surface area (Å²) in [6, 6.07) is 5.73. The maximum Gasteiger partial charge on any atom is 0.526 e. The van der Waals surface area contributed by atoms with Gasteiger partial charge in [0.2, 0.25) is 5.60 Å². The lowest BCUT2D eigenvalue weighted by Gasteiger charge is -2.28. The van der Waals surface area contributed by atoms with Crippen LogP contribution in [-0.4, -0.2) is 47.2 Å². The molecule has 1 aromatic heterocycles. The Morgan fingerprint density at radius 3 is 2.87 bits per heavy atom. The Kier molecular flexibility index (Phi) is 6.66. The Morgan fingerprint density at radius 1 is 1.48 bits per heavy atom. The zero-order valence-electron chi connectivity index (χ0n) is 17.8. The number of amides is 1. The van der Waals surface area contributed by atoms with Crippen molar-refractivity contribution in [3.8, 4) is 5.75 Å². The summed E-state index contributed by atoms with van der Waals surface area (Å²) >= 11 is 1.16. The second-order valence-electron chi connectivity index (χ2n) is 7.85. The summed E-state index contributed by atoms with van der Waals surface area (Å²) in [5.74, 6) is -0.629. The van der Waals surface area contributed by atoms with E-state index in [2.05, 4.69) is 15.5 Å². The largest absolute Gasteiger partial charge is 0.536 e. The van der Waals surface area contributed by atoms with Crippen molar-refractivity contribution in [3.63, 3.8) is 0 Å². The van der Waals surface area contributed by atoms with Crippen molar-refractivity contribution >= 4 is 41.0 Å². The van der Waals surface area contributed by atoms with Crippen LogP contribution in [0.1, 0.15) is 37.1 Å². The molecule has 164 valence electrons. The number of thiazole rings is 1. The molecule has 1 aliphatic rings. The second-order valence-corrected chi connectivity index (χ2v) is 8.74. The molecular weight excluding hydrogens is 419 g/mol. The summed E-state index contributed by atoms with van der Waals surface area (Å²) in [5.41, 5.74) is 6.46. The molecule has 0 radical (unpaired) electrons. The first-order valence-corrected chi connectivity index (χ1v) is 10.7.